The van der Waals surface area contributed by atoms with Crippen LogP contribution in [0.2, 0.25) is 0 Å². The first-order valence-electron chi connectivity index (χ1n) is 8.28. The minimum Gasteiger partial charge on any atom is -0.494 e. The predicted molar refractivity (Wildman–Crippen MR) is 103 cm³/mol. The van der Waals surface area contributed by atoms with Gasteiger partial charge in [-0.25, -0.2) is 0 Å². The zero-order chi connectivity index (χ0) is 19.1. The molecular formula is C19H22N2O4S. The van der Waals surface area contributed by atoms with Crippen LogP contribution in [0.15, 0.2) is 53.4 Å². The maximum atomic E-state index is 12.6. The normalized spacial score (nSPS) is 11.7. The summed E-state index contributed by atoms with van der Waals surface area (Å²) in [5, 5.41) is 10.4. The molecule has 0 saturated carbocycles. The van der Waals surface area contributed by atoms with Crippen molar-refractivity contribution >= 4 is 23.4 Å². The fourth-order valence-electron chi connectivity index (χ4n) is 2.42. The third-order valence-corrected chi connectivity index (χ3v) is 4.84. The van der Waals surface area contributed by atoms with Crippen molar-refractivity contribution in [1.82, 2.24) is 4.90 Å². The summed E-state index contributed by atoms with van der Waals surface area (Å²) in [6.07, 6.45) is 0. The Bertz CT molecular complexity index is 747. The van der Waals surface area contributed by atoms with Crippen molar-refractivity contribution in [2.75, 3.05) is 13.7 Å². The summed E-state index contributed by atoms with van der Waals surface area (Å²) in [6.45, 7) is 4.90. The van der Waals surface area contributed by atoms with Gasteiger partial charge in [0.25, 0.3) is 5.69 Å². The second kappa shape index (κ2) is 9.24. The summed E-state index contributed by atoms with van der Waals surface area (Å²) in [6, 6.07) is 13.9. The average Bonchev–Trinajstić information content (AvgIpc) is 2.63. The Morgan fingerprint density at radius 3 is 2.35 bits per heavy atom. The minimum absolute atomic E-state index is 0.00207. The molecule has 0 aliphatic rings. The summed E-state index contributed by atoms with van der Waals surface area (Å²) < 4.78 is 5.42. The van der Waals surface area contributed by atoms with Crippen LogP contribution in [0.4, 0.5) is 5.69 Å². The monoisotopic (exact) mass is 374 g/mol. The molecule has 0 aliphatic carbocycles. The Kier molecular flexibility index (Phi) is 7.03. The summed E-state index contributed by atoms with van der Waals surface area (Å²) in [5.41, 5.74) is 1.07. The first-order chi connectivity index (χ1) is 12.4. The van der Waals surface area contributed by atoms with Gasteiger partial charge in [0.05, 0.1) is 16.8 Å². The van der Waals surface area contributed by atoms with Crippen molar-refractivity contribution in [2.24, 2.45) is 0 Å². The number of nitrogens with zero attached hydrogens (tertiary/aromatic N) is 2. The second-order valence-corrected chi connectivity index (χ2v) is 7.20. The summed E-state index contributed by atoms with van der Waals surface area (Å²) in [5.74, 6) is 0.814. The molecule has 1 amide bonds. The number of carbonyl (C=O) groups is 1. The van der Waals surface area contributed by atoms with Crippen LogP contribution >= 0.6 is 11.8 Å². The van der Waals surface area contributed by atoms with Gasteiger partial charge in [0.2, 0.25) is 5.91 Å². The molecule has 26 heavy (non-hydrogen) atoms. The Labute approximate surface area is 157 Å². The van der Waals surface area contributed by atoms with Crippen LogP contribution in [-0.2, 0) is 11.3 Å². The molecule has 0 N–H and O–H groups in total. The van der Waals surface area contributed by atoms with Gasteiger partial charge in [0.1, 0.15) is 5.75 Å². The zero-order valence-corrected chi connectivity index (χ0v) is 15.9. The highest BCUT2D eigenvalue weighted by Gasteiger charge is 2.19. The highest BCUT2D eigenvalue weighted by Crippen LogP contribution is 2.26. The molecule has 0 spiro atoms. The molecule has 0 bridgehead atoms. The van der Waals surface area contributed by atoms with E-state index >= 15 is 0 Å². The van der Waals surface area contributed by atoms with Gasteiger partial charge in [-0.05, 0) is 43.7 Å². The van der Waals surface area contributed by atoms with E-state index in [2.05, 4.69) is 0 Å². The molecule has 2 aromatic carbocycles. The smallest absolute Gasteiger partial charge is 0.269 e. The number of hydrogen-bond acceptors (Lipinski definition) is 5. The highest BCUT2D eigenvalue weighted by molar-refractivity contribution is 8.00. The predicted octanol–water partition coefficient (Wildman–Crippen LogP) is 4.13. The highest BCUT2D eigenvalue weighted by atomic mass is 32.2. The standard InChI is InChI=1S/C19H22N2O4S/c1-4-25-17-9-5-15(6-10-17)13-20(3)19(22)14(2)26-18-11-7-16(8-12-18)21(23)24/h5-12,14H,4,13H2,1-3H3/t14-/m1/s1. The lowest BCUT2D eigenvalue weighted by molar-refractivity contribution is -0.384. The number of thioether (sulfide) groups is 1. The van der Waals surface area contributed by atoms with E-state index in [4.69, 9.17) is 4.74 Å². The zero-order valence-electron chi connectivity index (χ0n) is 15.0. The molecule has 2 rings (SSSR count). The number of rotatable bonds is 8. The van der Waals surface area contributed by atoms with Crippen molar-refractivity contribution in [3.63, 3.8) is 0 Å². The first kappa shape index (κ1) is 19.8. The van der Waals surface area contributed by atoms with Gasteiger partial charge in [-0.15, -0.1) is 11.8 Å². The van der Waals surface area contributed by atoms with Crippen LogP contribution in [0.1, 0.15) is 19.4 Å². The van der Waals surface area contributed by atoms with E-state index in [0.29, 0.717) is 13.2 Å². The van der Waals surface area contributed by atoms with Crippen LogP contribution in [0.5, 0.6) is 5.75 Å². The van der Waals surface area contributed by atoms with E-state index in [1.54, 1.807) is 24.1 Å². The number of non-ortho nitro benzene ring substituents is 1. The number of hydrogen-bond donors (Lipinski definition) is 0. The molecule has 0 aromatic heterocycles. The maximum absolute atomic E-state index is 12.6. The number of amides is 1. The molecule has 0 radical (unpaired) electrons. The summed E-state index contributed by atoms with van der Waals surface area (Å²) >= 11 is 1.39. The first-order valence-corrected chi connectivity index (χ1v) is 9.16. The lowest BCUT2D eigenvalue weighted by Crippen LogP contribution is -2.32. The van der Waals surface area contributed by atoms with Gasteiger partial charge in [0, 0.05) is 30.6 Å². The SMILES string of the molecule is CCOc1ccc(CN(C)C(=O)[C@@H](C)Sc2ccc([N+](=O)[O-])cc2)cc1. The topological polar surface area (TPSA) is 72.7 Å². The van der Waals surface area contributed by atoms with E-state index in [-0.39, 0.29) is 16.8 Å². The van der Waals surface area contributed by atoms with Crippen molar-refractivity contribution in [3.05, 3.63) is 64.2 Å². The van der Waals surface area contributed by atoms with E-state index in [0.717, 1.165) is 16.2 Å². The number of nitro groups is 1. The Morgan fingerprint density at radius 2 is 1.81 bits per heavy atom. The van der Waals surface area contributed by atoms with Crippen LogP contribution in [0, 0.1) is 10.1 Å². The third-order valence-electron chi connectivity index (χ3n) is 3.74. The molecular weight excluding hydrogens is 352 g/mol. The van der Waals surface area contributed by atoms with E-state index in [1.807, 2.05) is 38.1 Å². The van der Waals surface area contributed by atoms with Crippen molar-refractivity contribution in [2.45, 2.75) is 30.5 Å². The van der Waals surface area contributed by atoms with Crippen molar-refractivity contribution in [3.8, 4) is 5.75 Å². The molecule has 0 fully saturated rings. The van der Waals surface area contributed by atoms with Gasteiger partial charge >= 0.3 is 0 Å². The molecule has 2 aromatic rings. The van der Waals surface area contributed by atoms with Crippen molar-refractivity contribution in [1.29, 1.82) is 0 Å². The number of ether oxygens (including phenoxy) is 1. The fourth-order valence-corrected chi connectivity index (χ4v) is 3.40. The average molecular weight is 374 g/mol. The lowest BCUT2D eigenvalue weighted by Gasteiger charge is -2.21. The Hall–Kier alpha value is -2.54. The van der Waals surface area contributed by atoms with E-state index in [1.165, 1.54) is 23.9 Å². The second-order valence-electron chi connectivity index (χ2n) is 5.78. The molecule has 0 heterocycles. The number of benzene rings is 2. The van der Waals surface area contributed by atoms with Gasteiger partial charge in [-0.1, -0.05) is 12.1 Å². The van der Waals surface area contributed by atoms with Crippen LogP contribution in [0.25, 0.3) is 0 Å². The van der Waals surface area contributed by atoms with Crippen molar-refractivity contribution < 1.29 is 14.5 Å². The van der Waals surface area contributed by atoms with Gasteiger partial charge < -0.3 is 9.64 Å². The molecule has 0 aliphatic heterocycles. The quantitative estimate of drug-likeness (QED) is 0.395. The molecule has 0 saturated heterocycles. The maximum Gasteiger partial charge on any atom is 0.269 e. The Balaban J connectivity index is 1.92. The molecule has 7 heteroatoms. The van der Waals surface area contributed by atoms with Gasteiger partial charge in [-0.3, -0.25) is 14.9 Å². The Morgan fingerprint density at radius 1 is 1.19 bits per heavy atom. The van der Waals surface area contributed by atoms with Gasteiger partial charge in [-0.2, -0.15) is 0 Å². The summed E-state index contributed by atoms with van der Waals surface area (Å²) in [4.78, 5) is 25.3. The van der Waals surface area contributed by atoms with Crippen LogP contribution in [-0.4, -0.2) is 34.6 Å². The summed E-state index contributed by atoms with van der Waals surface area (Å²) in [7, 11) is 1.77. The number of carbonyl (C=O) groups excluding carboxylic acids is 1. The van der Waals surface area contributed by atoms with Crippen LogP contribution < -0.4 is 4.74 Å². The largest absolute Gasteiger partial charge is 0.494 e. The minimum atomic E-state index is -0.437. The molecule has 1 atom stereocenters. The van der Waals surface area contributed by atoms with E-state index in [9.17, 15) is 14.9 Å². The molecule has 6 nitrogen and oxygen atoms in total. The van der Waals surface area contributed by atoms with Crippen LogP contribution in [0.3, 0.4) is 0 Å². The molecule has 0 unspecified atom stereocenters. The van der Waals surface area contributed by atoms with E-state index < -0.39 is 4.92 Å². The number of nitro benzene ring substituents is 1. The fraction of sp³-hybridized carbons (Fsp3) is 0.316. The lowest BCUT2D eigenvalue weighted by atomic mass is 10.2. The molecule has 138 valence electrons. The van der Waals surface area contributed by atoms with Gasteiger partial charge in [0.15, 0.2) is 0 Å². The third kappa shape index (κ3) is 5.49.